The molecule has 4 rings (SSSR count). The summed E-state index contributed by atoms with van der Waals surface area (Å²) in [5.41, 5.74) is 3.22. The molecule has 0 saturated carbocycles. The van der Waals surface area contributed by atoms with Gasteiger partial charge in [0.25, 0.3) is 0 Å². The number of hydrogen-bond donors (Lipinski definition) is 2. The Labute approximate surface area is 134 Å². The van der Waals surface area contributed by atoms with E-state index in [1.807, 2.05) is 41.9 Å². The van der Waals surface area contributed by atoms with Gasteiger partial charge < -0.3 is 10.4 Å². The summed E-state index contributed by atoms with van der Waals surface area (Å²) in [6.07, 6.45) is 2.37. The molecule has 0 aliphatic carbocycles. The van der Waals surface area contributed by atoms with Crippen molar-refractivity contribution in [3.63, 3.8) is 0 Å². The third kappa shape index (κ3) is 2.44. The second-order valence-electron chi connectivity index (χ2n) is 5.95. The summed E-state index contributed by atoms with van der Waals surface area (Å²) in [4.78, 5) is 4.32. The minimum atomic E-state index is -0.00296. The second kappa shape index (κ2) is 5.43. The molecule has 0 bridgehead atoms. The predicted octanol–water partition coefficient (Wildman–Crippen LogP) is 3.44. The highest BCUT2D eigenvalue weighted by Crippen LogP contribution is 2.39. The molecule has 0 unspecified atom stereocenters. The van der Waals surface area contributed by atoms with Crippen LogP contribution in [0.15, 0.2) is 54.9 Å². The fourth-order valence-electron chi connectivity index (χ4n) is 3.23. The van der Waals surface area contributed by atoms with Gasteiger partial charge in [-0.3, -0.25) is 0 Å². The van der Waals surface area contributed by atoms with Crippen molar-refractivity contribution >= 4 is 5.95 Å². The Bertz CT molecular complexity index is 828. The third-order valence-electron chi connectivity index (χ3n) is 4.37. The van der Waals surface area contributed by atoms with Gasteiger partial charge >= 0.3 is 0 Å². The Kier molecular flexibility index (Phi) is 3.26. The van der Waals surface area contributed by atoms with Crippen LogP contribution < -0.4 is 5.32 Å². The molecule has 2 N–H and O–H groups in total. The van der Waals surface area contributed by atoms with Gasteiger partial charge in [0.2, 0.25) is 5.95 Å². The van der Waals surface area contributed by atoms with Gasteiger partial charge in [0.05, 0.1) is 12.1 Å². The van der Waals surface area contributed by atoms with E-state index in [1.165, 1.54) is 5.56 Å². The van der Waals surface area contributed by atoms with Crippen LogP contribution in [0.25, 0.3) is 0 Å². The van der Waals surface area contributed by atoms with Gasteiger partial charge in [-0.1, -0.05) is 48.0 Å². The zero-order valence-corrected chi connectivity index (χ0v) is 12.8. The van der Waals surface area contributed by atoms with Crippen molar-refractivity contribution in [3.8, 4) is 5.75 Å². The average Bonchev–Trinajstić information content (AvgIpc) is 3.05. The van der Waals surface area contributed by atoms with Gasteiger partial charge in [0.1, 0.15) is 12.1 Å². The van der Waals surface area contributed by atoms with E-state index in [0.29, 0.717) is 5.75 Å². The second-order valence-corrected chi connectivity index (χ2v) is 5.95. The molecule has 2 aromatic carbocycles. The molecule has 1 aromatic heterocycles. The number of nitrogens with zero attached hydrogens (tertiary/aromatic N) is 3. The third-order valence-corrected chi connectivity index (χ3v) is 4.37. The zero-order chi connectivity index (χ0) is 15.8. The topological polar surface area (TPSA) is 63.0 Å². The van der Waals surface area contributed by atoms with Crippen molar-refractivity contribution in [1.29, 1.82) is 0 Å². The lowest BCUT2D eigenvalue weighted by Gasteiger charge is -2.32. The Morgan fingerprint density at radius 3 is 2.83 bits per heavy atom. The molecule has 5 nitrogen and oxygen atoms in total. The molecule has 0 amide bonds. The van der Waals surface area contributed by atoms with Crippen molar-refractivity contribution in [1.82, 2.24) is 14.8 Å². The summed E-state index contributed by atoms with van der Waals surface area (Å²) in [6.45, 7) is 2.03. The Hall–Kier alpha value is -2.82. The number of hydrogen-bond acceptors (Lipinski definition) is 4. The Balaban J connectivity index is 1.77. The molecule has 116 valence electrons. The minimum absolute atomic E-state index is 0.00296. The van der Waals surface area contributed by atoms with E-state index in [0.717, 1.165) is 23.5 Å². The molecular formula is C18H18N4O. The molecule has 0 radical (unpaired) electrons. The van der Waals surface area contributed by atoms with Gasteiger partial charge in [0, 0.05) is 5.56 Å². The lowest BCUT2D eigenvalue weighted by Crippen LogP contribution is -2.28. The molecule has 23 heavy (non-hydrogen) atoms. The maximum atomic E-state index is 10.3. The molecule has 0 fully saturated rings. The SMILES string of the molecule is Cc1ccc(O)c([C@@H]2C[C@H](c3ccccc3)n3ncnc3N2)c1. The summed E-state index contributed by atoms with van der Waals surface area (Å²) < 4.78 is 1.92. The van der Waals surface area contributed by atoms with Crippen molar-refractivity contribution in [2.45, 2.75) is 25.4 Å². The number of rotatable bonds is 2. The number of aromatic hydroxyl groups is 1. The molecule has 2 heterocycles. The average molecular weight is 306 g/mol. The molecule has 1 aliphatic heterocycles. The lowest BCUT2D eigenvalue weighted by atomic mass is 9.92. The smallest absolute Gasteiger partial charge is 0.222 e. The highest BCUT2D eigenvalue weighted by atomic mass is 16.3. The van der Waals surface area contributed by atoms with E-state index in [1.54, 1.807) is 12.4 Å². The van der Waals surface area contributed by atoms with Crippen molar-refractivity contribution < 1.29 is 5.11 Å². The van der Waals surface area contributed by atoms with Crippen LogP contribution in [0.4, 0.5) is 5.95 Å². The van der Waals surface area contributed by atoms with Gasteiger partial charge in [-0.15, -0.1) is 0 Å². The van der Waals surface area contributed by atoms with Gasteiger partial charge in [0.15, 0.2) is 0 Å². The Morgan fingerprint density at radius 2 is 2.00 bits per heavy atom. The van der Waals surface area contributed by atoms with Gasteiger partial charge in [-0.05, 0) is 25.0 Å². The summed E-state index contributed by atoms with van der Waals surface area (Å²) in [5.74, 6) is 1.05. The van der Waals surface area contributed by atoms with Crippen LogP contribution in [-0.4, -0.2) is 19.9 Å². The first-order valence-electron chi connectivity index (χ1n) is 7.73. The predicted molar refractivity (Wildman–Crippen MR) is 88.4 cm³/mol. The standard InChI is InChI=1S/C18H18N4O/c1-12-7-8-17(23)14(9-12)15-10-16(13-5-3-2-4-6-13)22-18(21-15)19-11-20-22/h2-9,11,15-16,23H,10H2,1H3,(H,19,20,21)/t15-,16+/m0/s1. The normalized spacial score (nSPS) is 19.9. The van der Waals surface area contributed by atoms with Crippen molar-refractivity contribution in [2.24, 2.45) is 0 Å². The van der Waals surface area contributed by atoms with E-state index in [-0.39, 0.29) is 12.1 Å². The van der Waals surface area contributed by atoms with Gasteiger partial charge in [-0.2, -0.15) is 10.1 Å². The number of fused-ring (bicyclic) bond motifs is 1. The van der Waals surface area contributed by atoms with E-state index in [2.05, 4.69) is 27.5 Å². The van der Waals surface area contributed by atoms with Crippen molar-refractivity contribution in [3.05, 3.63) is 71.5 Å². The number of phenols is 1. The van der Waals surface area contributed by atoms with E-state index in [9.17, 15) is 5.11 Å². The van der Waals surface area contributed by atoms with Crippen molar-refractivity contribution in [2.75, 3.05) is 5.32 Å². The van der Waals surface area contributed by atoms with Crippen LogP contribution in [-0.2, 0) is 0 Å². The number of nitrogens with one attached hydrogen (secondary N) is 1. The first kappa shape index (κ1) is 13.8. The van der Waals surface area contributed by atoms with E-state index in [4.69, 9.17) is 0 Å². The minimum Gasteiger partial charge on any atom is -0.508 e. The number of phenolic OH excluding ortho intramolecular Hbond substituents is 1. The molecule has 3 aromatic rings. The monoisotopic (exact) mass is 306 g/mol. The molecule has 0 spiro atoms. The summed E-state index contributed by atoms with van der Waals surface area (Å²) >= 11 is 0. The number of aromatic nitrogens is 3. The summed E-state index contributed by atoms with van der Waals surface area (Å²) in [5, 5.41) is 18.0. The maximum absolute atomic E-state index is 10.3. The fraction of sp³-hybridized carbons (Fsp3) is 0.222. The first-order valence-corrected chi connectivity index (χ1v) is 7.73. The molecule has 2 atom stereocenters. The van der Waals surface area contributed by atoms with Crippen LogP contribution in [0.3, 0.4) is 0 Å². The number of anilines is 1. The van der Waals surface area contributed by atoms with Crippen LogP contribution in [0.5, 0.6) is 5.75 Å². The van der Waals surface area contributed by atoms with Gasteiger partial charge in [-0.25, -0.2) is 4.68 Å². The zero-order valence-electron chi connectivity index (χ0n) is 12.8. The summed E-state index contributed by atoms with van der Waals surface area (Å²) in [7, 11) is 0. The molecule has 1 aliphatic rings. The number of aryl methyl sites for hydroxylation is 1. The quantitative estimate of drug-likeness (QED) is 0.761. The molecular weight excluding hydrogens is 288 g/mol. The van der Waals surface area contributed by atoms with Crippen LogP contribution >= 0.6 is 0 Å². The first-order chi connectivity index (χ1) is 11.2. The maximum Gasteiger partial charge on any atom is 0.222 e. The fourth-order valence-corrected chi connectivity index (χ4v) is 3.23. The molecule has 5 heteroatoms. The lowest BCUT2D eigenvalue weighted by molar-refractivity contribution is 0.413. The summed E-state index contributed by atoms with van der Waals surface area (Å²) in [6, 6.07) is 16.1. The largest absolute Gasteiger partial charge is 0.508 e. The van der Waals surface area contributed by atoms with Crippen LogP contribution in [0, 0.1) is 6.92 Å². The highest BCUT2D eigenvalue weighted by molar-refractivity contribution is 5.44. The van der Waals surface area contributed by atoms with Crippen LogP contribution in [0.1, 0.15) is 35.2 Å². The van der Waals surface area contributed by atoms with Crippen LogP contribution in [0.2, 0.25) is 0 Å². The Morgan fingerprint density at radius 1 is 1.17 bits per heavy atom. The number of benzene rings is 2. The van der Waals surface area contributed by atoms with E-state index < -0.39 is 0 Å². The van der Waals surface area contributed by atoms with E-state index >= 15 is 0 Å². The highest BCUT2D eigenvalue weighted by Gasteiger charge is 2.30. The molecule has 0 saturated heterocycles.